The van der Waals surface area contributed by atoms with Gasteiger partial charge in [0.2, 0.25) is 0 Å². The Morgan fingerprint density at radius 2 is 1.65 bits per heavy atom. The highest BCUT2D eigenvalue weighted by Crippen LogP contribution is 2.09. The summed E-state index contributed by atoms with van der Waals surface area (Å²) < 4.78 is 5.32. The molecule has 0 unspecified atom stereocenters. The third kappa shape index (κ3) is 12.8. The first-order valence-corrected chi connectivity index (χ1v) is 9.78. The highest BCUT2D eigenvalue weighted by atomic mass is 16.6. The maximum atomic E-state index is 12.0. The van der Waals surface area contributed by atoms with Gasteiger partial charge in [-0.2, -0.15) is 0 Å². The van der Waals surface area contributed by atoms with Crippen molar-refractivity contribution in [1.82, 2.24) is 20.9 Å². The van der Waals surface area contributed by atoms with Gasteiger partial charge in [-0.05, 0) is 67.6 Å². The summed E-state index contributed by atoms with van der Waals surface area (Å²) in [5.41, 5.74) is -1.00. The molecule has 7 heteroatoms. The van der Waals surface area contributed by atoms with E-state index in [1.165, 1.54) is 0 Å². The lowest BCUT2D eigenvalue weighted by atomic mass is 10.1. The van der Waals surface area contributed by atoms with Gasteiger partial charge in [-0.15, -0.1) is 0 Å². The van der Waals surface area contributed by atoms with Crippen LogP contribution < -0.4 is 16.0 Å². The molecular formula is C19H41N5O2. The van der Waals surface area contributed by atoms with Gasteiger partial charge >= 0.3 is 6.09 Å². The van der Waals surface area contributed by atoms with Gasteiger partial charge in [-0.25, -0.2) is 4.79 Å². The van der Waals surface area contributed by atoms with Crippen molar-refractivity contribution in [3.63, 3.8) is 0 Å². The van der Waals surface area contributed by atoms with E-state index >= 15 is 0 Å². The number of guanidine groups is 1. The largest absolute Gasteiger partial charge is 0.444 e. The number of nitrogens with one attached hydrogen (secondary N) is 3. The van der Waals surface area contributed by atoms with Crippen LogP contribution in [-0.2, 0) is 4.74 Å². The number of ether oxygens (including phenoxy) is 1. The molecule has 0 aromatic heterocycles. The molecule has 0 aromatic carbocycles. The summed E-state index contributed by atoms with van der Waals surface area (Å²) >= 11 is 0. The zero-order valence-corrected chi connectivity index (χ0v) is 18.2. The average Bonchev–Trinajstić information content (AvgIpc) is 2.50. The van der Waals surface area contributed by atoms with Gasteiger partial charge in [0.25, 0.3) is 0 Å². The lowest BCUT2D eigenvalue weighted by Gasteiger charge is -2.27. The topological polar surface area (TPSA) is 78.0 Å². The number of nitrogens with zero attached hydrogens (tertiary/aromatic N) is 2. The van der Waals surface area contributed by atoms with Crippen molar-refractivity contribution in [1.29, 1.82) is 0 Å². The number of amides is 1. The summed E-state index contributed by atoms with van der Waals surface area (Å²) in [5.74, 6) is 0.770. The van der Waals surface area contributed by atoms with Gasteiger partial charge in [0.15, 0.2) is 5.96 Å². The van der Waals surface area contributed by atoms with Crippen LogP contribution in [0.25, 0.3) is 0 Å². The first-order valence-electron chi connectivity index (χ1n) is 9.78. The fourth-order valence-electron chi connectivity index (χ4n) is 2.29. The molecule has 0 saturated carbocycles. The quantitative estimate of drug-likeness (QED) is 0.312. The van der Waals surface area contributed by atoms with Crippen molar-refractivity contribution < 1.29 is 9.53 Å². The molecule has 7 nitrogen and oxygen atoms in total. The third-order valence-corrected chi connectivity index (χ3v) is 3.65. The molecule has 26 heavy (non-hydrogen) atoms. The third-order valence-electron chi connectivity index (χ3n) is 3.65. The Bertz CT molecular complexity index is 426. The van der Waals surface area contributed by atoms with Crippen LogP contribution in [0.2, 0.25) is 0 Å². The molecule has 0 aliphatic carbocycles. The molecule has 0 aliphatic rings. The van der Waals surface area contributed by atoms with Gasteiger partial charge < -0.3 is 25.6 Å². The van der Waals surface area contributed by atoms with Gasteiger partial charge in [0.05, 0.1) is 12.1 Å². The van der Waals surface area contributed by atoms with Gasteiger partial charge in [-0.1, -0.05) is 13.8 Å². The molecule has 0 aliphatic heterocycles. The zero-order chi connectivity index (χ0) is 20.2. The fourth-order valence-corrected chi connectivity index (χ4v) is 2.29. The summed E-state index contributed by atoms with van der Waals surface area (Å²) in [4.78, 5) is 19.0. The van der Waals surface area contributed by atoms with Crippen molar-refractivity contribution in [3.05, 3.63) is 0 Å². The molecule has 0 bridgehead atoms. The van der Waals surface area contributed by atoms with Crippen molar-refractivity contribution >= 4 is 12.1 Å². The molecule has 3 N–H and O–H groups in total. The van der Waals surface area contributed by atoms with E-state index in [1.807, 2.05) is 41.5 Å². The standard InChI is InChI=1S/C19H41N5O2/c1-9-20-16(21-13-12-14-24(10-2)11-3)22-15-19(7,8)23-17(25)26-18(4,5)6/h9-15H2,1-8H3,(H,23,25)(H2,20,21,22). The Morgan fingerprint density at radius 3 is 2.15 bits per heavy atom. The second kappa shape index (κ2) is 12.0. The van der Waals surface area contributed by atoms with Crippen LogP contribution in [0.3, 0.4) is 0 Å². The minimum atomic E-state index is -0.509. The van der Waals surface area contributed by atoms with Crippen LogP contribution in [-0.4, -0.2) is 67.4 Å². The molecule has 0 saturated heterocycles. The SMILES string of the molecule is CCNC(=NCC(C)(C)NC(=O)OC(C)(C)C)NCCCN(CC)CC. The van der Waals surface area contributed by atoms with Gasteiger partial charge in [0.1, 0.15) is 5.60 Å². The van der Waals surface area contributed by atoms with Crippen LogP contribution in [0.5, 0.6) is 0 Å². The lowest BCUT2D eigenvalue weighted by Crippen LogP contribution is -2.49. The molecule has 0 spiro atoms. The van der Waals surface area contributed by atoms with E-state index < -0.39 is 17.2 Å². The van der Waals surface area contributed by atoms with Crippen molar-refractivity contribution in [2.24, 2.45) is 4.99 Å². The highest BCUT2D eigenvalue weighted by molar-refractivity contribution is 5.79. The first-order chi connectivity index (χ1) is 12.0. The van der Waals surface area contributed by atoms with Gasteiger partial charge in [0, 0.05) is 13.1 Å². The predicted octanol–water partition coefficient (Wildman–Crippen LogP) is 2.58. The smallest absolute Gasteiger partial charge is 0.408 e. The Balaban J connectivity index is 4.49. The number of carbonyl (C=O) groups is 1. The van der Waals surface area contributed by atoms with E-state index in [1.54, 1.807) is 0 Å². The van der Waals surface area contributed by atoms with Gasteiger partial charge in [-0.3, -0.25) is 4.99 Å². The molecule has 0 radical (unpaired) electrons. The number of aliphatic imine (C=N–C) groups is 1. The number of hydrogen-bond donors (Lipinski definition) is 3. The van der Waals surface area contributed by atoms with E-state index in [9.17, 15) is 4.79 Å². The average molecular weight is 372 g/mol. The Morgan fingerprint density at radius 1 is 1.04 bits per heavy atom. The first kappa shape index (κ1) is 24.5. The molecule has 0 heterocycles. The number of carbonyl (C=O) groups excluding carboxylic acids is 1. The summed E-state index contributed by atoms with van der Waals surface area (Å²) in [6.07, 6.45) is 0.640. The van der Waals surface area contributed by atoms with Crippen molar-refractivity contribution in [2.45, 2.75) is 73.0 Å². The minimum Gasteiger partial charge on any atom is -0.444 e. The summed E-state index contributed by atoms with van der Waals surface area (Å²) in [6, 6.07) is 0. The molecular weight excluding hydrogens is 330 g/mol. The number of hydrogen-bond acceptors (Lipinski definition) is 4. The fraction of sp³-hybridized carbons (Fsp3) is 0.895. The lowest BCUT2D eigenvalue weighted by molar-refractivity contribution is 0.0476. The molecule has 0 atom stereocenters. The predicted molar refractivity (Wildman–Crippen MR) is 110 cm³/mol. The van der Waals surface area contributed by atoms with Crippen LogP contribution in [0, 0.1) is 0 Å². The number of alkyl carbamates (subject to hydrolysis) is 1. The summed E-state index contributed by atoms with van der Waals surface area (Å²) in [6.45, 7) is 21.2. The normalized spacial score (nSPS) is 12.9. The highest BCUT2D eigenvalue weighted by Gasteiger charge is 2.24. The Hall–Kier alpha value is -1.50. The maximum absolute atomic E-state index is 12.0. The molecule has 154 valence electrons. The molecule has 0 fully saturated rings. The molecule has 0 rings (SSSR count). The monoisotopic (exact) mass is 371 g/mol. The van der Waals surface area contributed by atoms with E-state index in [-0.39, 0.29) is 0 Å². The summed E-state index contributed by atoms with van der Waals surface area (Å²) in [5, 5.41) is 9.48. The van der Waals surface area contributed by atoms with E-state index in [2.05, 4.69) is 39.7 Å². The minimum absolute atomic E-state index is 0.421. The van der Waals surface area contributed by atoms with Crippen LogP contribution in [0.1, 0.15) is 61.8 Å². The Kier molecular flexibility index (Phi) is 11.3. The van der Waals surface area contributed by atoms with E-state index in [0.717, 1.165) is 45.1 Å². The molecule has 1 amide bonds. The van der Waals surface area contributed by atoms with Crippen LogP contribution in [0.15, 0.2) is 4.99 Å². The number of rotatable bonds is 10. The Labute approximate surface area is 160 Å². The zero-order valence-electron chi connectivity index (χ0n) is 18.2. The summed E-state index contributed by atoms with van der Waals surface area (Å²) in [7, 11) is 0. The van der Waals surface area contributed by atoms with E-state index in [4.69, 9.17) is 4.74 Å². The van der Waals surface area contributed by atoms with Crippen LogP contribution in [0.4, 0.5) is 4.79 Å². The molecule has 0 aromatic rings. The van der Waals surface area contributed by atoms with Crippen LogP contribution >= 0.6 is 0 Å². The second-order valence-electron chi connectivity index (χ2n) is 8.01. The maximum Gasteiger partial charge on any atom is 0.408 e. The van der Waals surface area contributed by atoms with E-state index in [0.29, 0.717) is 6.54 Å². The van der Waals surface area contributed by atoms with Crippen molar-refractivity contribution in [2.75, 3.05) is 39.3 Å². The second-order valence-corrected chi connectivity index (χ2v) is 8.01. The van der Waals surface area contributed by atoms with Crippen molar-refractivity contribution in [3.8, 4) is 0 Å².